The second-order valence-corrected chi connectivity index (χ2v) is 8.80. The Morgan fingerprint density at radius 3 is 2.48 bits per heavy atom. The molecule has 0 saturated carbocycles. The number of rotatable bonds is 5. The number of hydrogen-bond donors (Lipinski definition) is 0. The van der Waals surface area contributed by atoms with E-state index in [2.05, 4.69) is 4.98 Å². The van der Waals surface area contributed by atoms with Crippen LogP contribution in [0.3, 0.4) is 0 Å². The average molecular weight is 452 g/mol. The van der Waals surface area contributed by atoms with E-state index < -0.39 is 17.2 Å². The van der Waals surface area contributed by atoms with E-state index in [4.69, 9.17) is 4.74 Å². The van der Waals surface area contributed by atoms with Gasteiger partial charge >= 0.3 is 0 Å². The van der Waals surface area contributed by atoms with Gasteiger partial charge in [-0.3, -0.25) is 4.79 Å². The van der Waals surface area contributed by atoms with Gasteiger partial charge < -0.3 is 14.2 Å². The molecule has 0 N–H and O–H groups in total. The van der Waals surface area contributed by atoms with E-state index in [0.29, 0.717) is 29.9 Å². The predicted molar refractivity (Wildman–Crippen MR) is 123 cm³/mol. The third-order valence-electron chi connectivity index (χ3n) is 6.13. The van der Waals surface area contributed by atoms with Crippen molar-refractivity contribution in [2.75, 3.05) is 13.7 Å². The van der Waals surface area contributed by atoms with Gasteiger partial charge in [0.25, 0.3) is 5.91 Å². The van der Waals surface area contributed by atoms with Gasteiger partial charge in [-0.1, -0.05) is 6.07 Å². The summed E-state index contributed by atoms with van der Waals surface area (Å²) >= 11 is 0. The topological polar surface area (TPSA) is 47.4 Å². The van der Waals surface area contributed by atoms with Crippen molar-refractivity contribution < 1.29 is 18.3 Å². The quantitative estimate of drug-likeness (QED) is 0.488. The molecule has 0 bridgehead atoms. The lowest BCUT2D eigenvalue weighted by atomic mass is 9.88. The van der Waals surface area contributed by atoms with Crippen LogP contribution in [0.4, 0.5) is 8.78 Å². The molecule has 5 nitrogen and oxygen atoms in total. The summed E-state index contributed by atoms with van der Waals surface area (Å²) in [5.74, 6) is -0.779. The average Bonchev–Trinajstić information content (AvgIpc) is 3.20. The van der Waals surface area contributed by atoms with E-state index >= 15 is 0 Å². The number of amides is 1. The molecule has 7 heteroatoms. The molecular formula is C26H27F2N3O2. The molecule has 0 radical (unpaired) electrons. The van der Waals surface area contributed by atoms with Crippen LogP contribution in [0.5, 0.6) is 5.75 Å². The molecule has 2 aromatic carbocycles. The van der Waals surface area contributed by atoms with Crippen LogP contribution in [-0.2, 0) is 10.3 Å². The maximum absolute atomic E-state index is 13.8. The molecule has 172 valence electrons. The number of hydrogen-bond acceptors (Lipinski definition) is 3. The van der Waals surface area contributed by atoms with Crippen molar-refractivity contribution in [2.24, 2.45) is 0 Å². The maximum Gasteiger partial charge on any atom is 0.250 e. The van der Waals surface area contributed by atoms with E-state index in [0.717, 1.165) is 29.4 Å². The second-order valence-electron chi connectivity index (χ2n) is 8.80. The number of ether oxygens (including phenoxy) is 1. The summed E-state index contributed by atoms with van der Waals surface area (Å²) in [5, 5.41) is 0. The molecule has 0 atom stereocenters. The fourth-order valence-electron chi connectivity index (χ4n) is 4.29. The molecule has 0 spiro atoms. The third kappa shape index (κ3) is 4.53. The number of methoxy groups -OCH3 is 1. The number of halogens is 2. The summed E-state index contributed by atoms with van der Waals surface area (Å²) in [7, 11) is 1.60. The van der Waals surface area contributed by atoms with Crippen LogP contribution in [0.25, 0.3) is 11.8 Å². The van der Waals surface area contributed by atoms with E-state index in [1.807, 2.05) is 55.8 Å². The molecule has 1 aliphatic rings. The van der Waals surface area contributed by atoms with Crippen LogP contribution >= 0.6 is 0 Å². The van der Waals surface area contributed by atoms with Crippen molar-refractivity contribution in [3.63, 3.8) is 0 Å². The zero-order chi connectivity index (χ0) is 23.8. The molecular weight excluding hydrogens is 424 g/mol. The summed E-state index contributed by atoms with van der Waals surface area (Å²) < 4.78 is 35.2. The molecule has 4 rings (SSSR count). The Hall–Kier alpha value is -3.48. The van der Waals surface area contributed by atoms with E-state index in [-0.39, 0.29) is 5.91 Å². The van der Waals surface area contributed by atoms with Gasteiger partial charge in [-0.25, -0.2) is 13.8 Å². The van der Waals surface area contributed by atoms with Crippen LogP contribution in [0.15, 0.2) is 54.5 Å². The second kappa shape index (κ2) is 8.81. The van der Waals surface area contributed by atoms with Crippen LogP contribution in [0, 0.1) is 18.6 Å². The summed E-state index contributed by atoms with van der Waals surface area (Å²) in [4.78, 5) is 19.3. The number of carbonyl (C=O) groups excluding carboxylic acids is 1. The van der Waals surface area contributed by atoms with Gasteiger partial charge in [0, 0.05) is 24.4 Å². The zero-order valence-corrected chi connectivity index (χ0v) is 19.2. The molecule has 1 aromatic heterocycles. The first-order valence-electron chi connectivity index (χ1n) is 10.9. The molecule has 3 aromatic rings. The van der Waals surface area contributed by atoms with Gasteiger partial charge in [-0.05, 0) is 75.1 Å². The molecule has 1 amide bonds. The van der Waals surface area contributed by atoms with E-state index in [1.54, 1.807) is 18.3 Å². The zero-order valence-electron chi connectivity index (χ0n) is 19.2. The first kappa shape index (κ1) is 22.7. The highest BCUT2D eigenvalue weighted by molar-refractivity contribution is 5.99. The highest BCUT2D eigenvalue weighted by atomic mass is 19.1. The van der Waals surface area contributed by atoms with Gasteiger partial charge in [0.15, 0.2) is 0 Å². The lowest BCUT2D eigenvalue weighted by Gasteiger charge is -2.42. The Morgan fingerprint density at radius 1 is 1.12 bits per heavy atom. The standard InChI is InChI=1S/C26H27F2N3O2/c1-17-15-30(16-29-17)23-8-7-18(11-24(23)33-4)10-19-6-5-9-31(25(19)32)26(2,3)20-12-21(27)14-22(28)13-20/h7-8,10-16H,5-6,9H2,1-4H3/b19-10+. The highest BCUT2D eigenvalue weighted by Gasteiger charge is 2.36. The molecule has 0 unspecified atom stereocenters. The van der Waals surface area contributed by atoms with Crippen LogP contribution in [0.1, 0.15) is 43.5 Å². The molecule has 0 aliphatic carbocycles. The predicted octanol–water partition coefficient (Wildman–Crippen LogP) is 5.41. The number of piperidine rings is 1. The van der Waals surface area contributed by atoms with E-state index in [1.165, 1.54) is 12.1 Å². The SMILES string of the molecule is COc1cc(/C=C2\CCCN(C(C)(C)c3cc(F)cc(F)c3)C2=O)ccc1-n1cnc(C)c1. The number of imidazole rings is 1. The van der Waals surface area contributed by atoms with Gasteiger partial charge in [-0.15, -0.1) is 0 Å². The molecule has 1 saturated heterocycles. The number of nitrogens with zero attached hydrogens (tertiary/aromatic N) is 3. The number of aromatic nitrogens is 2. The molecule has 2 heterocycles. The van der Waals surface area contributed by atoms with Gasteiger partial charge in [-0.2, -0.15) is 0 Å². The van der Waals surface area contributed by atoms with Gasteiger partial charge in [0.05, 0.1) is 30.4 Å². The van der Waals surface area contributed by atoms with Crippen molar-refractivity contribution in [3.05, 3.63) is 83.0 Å². The normalized spacial score (nSPS) is 15.9. The summed E-state index contributed by atoms with van der Waals surface area (Å²) in [6.07, 6.45) is 6.90. The Morgan fingerprint density at radius 2 is 1.85 bits per heavy atom. The largest absolute Gasteiger partial charge is 0.495 e. The summed E-state index contributed by atoms with van der Waals surface area (Å²) in [6.45, 7) is 6.06. The van der Waals surface area contributed by atoms with Crippen molar-refractivity contribution in [1.82, 2.24) is 14.5 Å². The lowest BCUT2D eigenvalue weighted by molar-refractivity contribution is -0.134. The number of carbonyl (C=O) groups is 1. The van der Waals surface area contributed by atoms with Crippen molar-refractivity contribution >= 4 is 12.0 Å². The molecule has 33 heavy (non-hydrogen) atoms. The lowest BCUT2D eigenvalue weighted by Crippen LogP contribution is -2.48. The van der Waals surface area contributed by atoms with Crippen molar-refractivity contribution in [1.29, 1.82) is 0 Å². The summed E-state index contributed by atoms with van der Waals surface area (Å²) in [5.41, 5.74) is 2.81. The number of benzene rings is 2. The first-order valence-corrected chi connectivity index (χ1v) is 10.9. The first-order chi connectivity index (χ1) is 15.7. The maximum atomic E-state index is 13.8. The summed E-state index contributed by atoms with van der Waals surface area (Å²) in [6, 6.07) is 9.16. The molecule has 1 aliphatic heterocycles. The van der Waals surface area contributed by atoms with Gasteiger partial charge in [0.1, 0.15) is 17.4 Å². The number of aryl methyl sites for hydroxylation is 1. The van der Waals surface area contributed by atoms with Crippen LogP contribution in [0.2, 0.25) is 0 Å². The smallest absolute Gasteiger partial charge is 0.250 e. The van der Waals surface area contributed by atoms with Crippen molar-refractivity contribution in [2.45, 2.75) is 39.2 Å². The minimum Gasteiger partial charge on any atom is -0.495 e. The minimum absolute atomic E-state index is 0.135. The Kier molecular flexibility index (Phi) is 6.06. The number of likely N-dealkylation sites (tertiary alicyclic amines) is 1. The Balaban J connectivity index is 1.64. The Bertz CT molecular complexity index is 1210. The minimum atomic E-state index is -0.861. The van der Waals surface area contributed by atoms with Crippen LogP contribution in [-0.4, -0.2) is 34.0 Å². The monoisotopic (exact) mass is 451 g/mol. The third-order valence-corrected chi connectivity index (χ3v) is 6.13. The Labute approximate surface area is 192 Å². The molecule has 1 fully saturated rings. The van der Waals surface area contributed by atoms with Gasteiger partial charge in [0.2, 0.25) is 0 Å². The van der Waals surface area contributed by atoms with E-state index in [9.17, 15) is 13.6 Å². The fourth-order valence-corrected chi connectivity index (χ4v) is 4.29. The van der Waals surface area contributed by atoms with Crippen LogP contribution < -0.4 is 4.74 Å². The fraction of sp³-hybridized carbons (Fsp3) is 0.308. The van der Waals surface area contributed by atoms with Crippen molar-refractivity contribution in [3.8, 4) is 11.4 Å². The highest BCUT2D eigenvalue weighted by Crippen LogP contribution is 2.34.